The molecule has 0 atom stereocenters. The average molecular weight is 58.1 g/mol. The van der Waals surface area contributed by atoms with Gasteiger partial charge in [-0.3, -0.25) is 0 Å². The zero-order chi connectivity index (χ0) is 4.00. The molecule has 0 aromatic carbocycles. The van der Waals surface area contributed by atoms with Crippen LogP contribution in [-0.2, 0) is 0 Å². The van der Waals surface area contributed by atoms with Gasteiger partial charge in [0.1, 0.15) is 0 Å². The molecule has 0 unspecified atom stereocenters. The molecule has 0 bridgehead atoms. The average Bonchev–Trinajstić information content (AvgIpc) is 1.50. The summed E-state index contributed by atoms with van der Waals surface area (Å²) in [6.07, 6.45) is 0. The maximum Gasteiger partial charge on any atom is -0.0564 e. The molecule has 0 saturated carbocycles. The van der Waals surface area contributed by atoms with Crippen molar-refractivity contribution in [3.63, 3.8) is 0 Å². The fraction of sp³-hybridized carbons (Fsp3) is 0.500. The van der Waals surface area contributed by atoms with E-state index in [-0.39, 0.29) is 0 Å². The zero-order valence-corrected chi connectivity index (χ0v) is 3.41. The monoisotopic (exact) mass is 58.1 g/mol. The second-order valence-electron chi connectivity index (χ2n) is 0. The van der Waals surface area contributed by atoms with Gasteiger partial charge >= 0.3 is 0 Å². The first kappa shape index (κ1) is 9.00. The first-order valence-corrected chi connectivity index (χ1v) is 1.41. The van der Waals surface area contributed by atoms with E-state index in [9.17, 15) is 0 Å². The molecule has 0 nitrogen and oxygen atoms in total. The molecule has 0 aromatic heterocycles. The van der Waals surface area contributed by atoms with E-state index in [1.165, 1.54) is 0 Å². The van der Waals surface area contributed by atoms with Crippen LogP contribution in [0, 0.1) is 13.8 Å². The van der Waals surface area contributed by atoms with Crippen LogP contribution in [0.2, 0.25) is 0 Å². The van der Waals surface area contributed by atoms with E-state index in [2.05, 4.69) is 13.8 Å². The van der Waals surface area contributed by atoms with Crippen molar-refractivity contribution in [1.29, 1.82) is 0 Å². The summed E-state index contributed by atoms with van der Waals surface area (Å²) in [6, 6.07) is 0. The maximum atomic E-state index is 3.25. The predicted octanol–water partition coefficient (Wildman–Crippen LogP) is 1.68. The third-order valence-electron chi connectivity index (χ3n) is 0. The summed E-state index contributed by atoms with van der Waals surface area (Å²) in [6.45, 7) is 10.0. The van der Waals surface area contributed by atoms with Crippen LogP contribution in [0.25, 0.3) is 0 Å². The third kappa shape index (κ3) is 0. The topological polar surface area (TPSA) is 0 Å². The van der Waals surface area contributed by atoms with E-state index in [4.69, 9.17) is 0 Å². The van der Waals surface area contributed by atoms with Gasteiger partial charge in [-0.15, -0.1) is 0 Å². The van der Waals surface area contributed by atoms with Gasteiger partial charge in [-0.05, 0) is 0 Å². The van der Waals surface area contributed by atoms with Crippen LogP contribution in [-0.4, -0.2) is 0 Å². The lowest BCUT2D eigenvalue weighted by Gasteiger charge is -1.06. The highest BCUT2D eigenvalue weighted by Crippen LogP contribution is 1.12. The second-order valence-corrected chi connectivity index (χ2v) is 0. The number of hydrogen-bond donors (Lipinski definition) is 0. The van der Waals surface area contributed by atoms with Crippen molar-refractivity contribution in [3.05, 3.63) is 13.8 Å². The van der Waals surface area contributed by atoms with Crippen molar-refractivity contribution in [1.82, 2.24) is 0 Å². The molecular weight excluding hydrogens is 48.0 g/mol. The maximum absolute atomic E-state index is 3.25. The molecule has 2 radical (unpaired) electrons. The van der Waals surface area contributed by atoms with Gasteiger partial charge in [0.05, 0.1) is 0 Å². The Morgan fingerprint density at radius 2 is 0.750 bits per heavy atom. The Labute approximate surface area is 28.8 Å². The van der Waals surface area contributed by atoms with Gasteiger partial charge in [0, 0.05) is 0 Å². The molecule has 0 heteroatoms. The van der Waals surface area contributed by atoms with Gasteiger partial charge in [-0.25, -0.2) is 0 Å². The van der Waals surface area contributed by atoms with Gasteiger partial charge < -0.3 is 0 Å². The van der Waals surface area contributed by atoms with E-state index in [0.29, 0.717) is 0 Å². The Balaban J connectivity index is 0. The van der Waals surface area contributed by atoms with Crippen LogP contribution in [0.3, 0.4) is 0 Å². The molecule has 0 fully saturated rings. The van der Waals surface area contributed by atoms with Gasteiger partial charge in [0.2, 0.25) is 0 Å². The highest BCUT2D eigenvalue weighted by molar-refractivity contribution is 3.94. The Kier molecular flexibility index (Phi) is 0. The normalized spacial score (nSPS) is 3.00. The lowest BCUT2D eigenvalue weighted by molar-refractivity contribution is 1.81. The number of hydrogen-bond acceptors (Lipinski definition) is 0. The molecule has 0 N–H and O–H groups in total. The lowest BCUT2D eigenvalue weighted by Crippen LogP contribution is -0.888. The van der Waals surface area contributed by atoms with Crippen LogP contribution in [0.15, 0.2) is 0 Å². The van der Waals surface area contributed by atoms with Gasteiger partial charge in [0.15, 0.2) is 0 Å². The summed E-state index contributed by atoms with van der Waals surface area (Å²) in [5, 5.41) is 0. The minimum atomic E-state index is 1.75. The fourth-order valence-electron chi connectivity index (χ4n) is 0. The molecule has 0 aliphatic rings. The first-order chi connectivity index (χ1) is 2.00. The molecule has 26 valence electrons. The molecule has 4 heavy (non-hydrogen) atoms. The van der Waals surface area contributed by atoms with Crippen LogP contribution in [0.5, 0.6) is 0 Å². The lowest BCUT2D eigenvalue weighted by atomic mass is 11.0. The van der Waals surface area contributed by atoms with Gasteiger partial charge in [-0.1, -0.05) is 27.7 Å². The Morgan fingerprint density at radius 3 is 0.750 bits per heavy atom. The summed E-state index contributed by atoms with van der Waals surface area (Å²) in [4.78, 5) is 0. The van der Waals surface area contributed by atoms with E-state index in [0.717, 1.165) is 0 Å². The van der Waals surface area contributed by atoms with Gasteiger partial charge in [-0.2, -0.15) is 0 Å². The summed E-state index contributed by atoms with van der Waals surface area (Å²) < 4.78 is 0. The zero-order valence-electron chi connectivity index (χ0n) is 3.41. The predicted molar refractivity (Wildman–Crippen MR) is 22.1 cm³/mol. The molecule has 0 heterocycles. The summed E-state index contributed by atoms with van der Waals surface area (Å²) in [5.41, 5.74) is 0. The molecule has 0 rings (SSSR count). The van der Waals surface area contributed by atoms with Crippen molar-refractivity contribution < 1.29 is 0 Å². The SMILES string of the molecule is [CH2]C.[CH2]C. The standard InChI is InChI=1S/2C2H5/c2*1-2/h2*1H2,2H3. The smallest absolute Gasteiger partial charge is 0.0564 e. The first-order valence-electron chi connectivity index (χ1n) is 1.41. The largest absolute Gasteiger partial charge is 0.0654 e. The highest BCUT2D eigenvalue weighted by atomic mass is 13.0. The Morgan fingerprint density at radius 1 is 0.750 bits per heavy atom. The van der Waals surface area contributed by atoms with E-state index in [1.54, 1.807) is 13.8 Å². The van der Waals surface area contributed by atoms with Crippen molar-refractivity contribution in [2.45, 2.75) is 13.8 Å². The van der Waals surface area contributed by atoms with Crippen molar-refractivity contribution in [3.8, 4) is 0 Å². The Bertz CT molecular complexity index is 0. The van der Waals surface area contributed by atoms with E-state index >= 15 is 0 Å². The van der Waals surface area contributed by atoms with Crippen LogP contribution < -0.4 is 0 Å². The third-order valence-corrected chi connectivity index (χ3v) is 0. The Hall–Kier alpha value is 0. The molecule has 0 amide bonds. The fourth-order valence-corrected chi connectivity index (χ4v) is 0. The van der Waals surface area contributed by atoms with Gasteiger partial charge in [0.25, 0.3) is 0 Å². The molecule has 0 aliphatic carbocycles. The van der Waals surface area contributed by atoms with Crippen molar-refractivity contribution in [2.24, 2.45) is 0 Å². The molecule has 0 aromatic rings. The molecular formula is C4H10. The second kappa shape index (κ2) is 0. The molecule has 0 spiro atoms. The van der Waals surface area contributed by atoms with Crippen molar-refractivity contribution in [2.75, 3.05) is 0 Å². The van der Waals surface area contributed by atoms with Crippen molar-refractivity contribution >= 4 is 0 Å². The highest BCUT2D eigenvalue weighted by Gasteiger charge is 0.941. The summed E-state index contributed by atoms with van der Waals surface area (Å²) in [7, 11) is 0. The molecule has 0 aliphatic heterocycles. The summed E-state index contributed by atoms with van der Waals surface area (Å²) in [5.74, 6) is 0. The summed E-state index contributed by atoms with van der Waals surface area (Å²) >= 11 is 0. The van der Waals surface area contributed by atoms with E-state index < -0.39 is 0 Å². The van der Waals surface area contributed by atoms with Crippen LogP contribution in [0.4, 0.5) is 0 Å². The minimum absolute atomic E-state index is 1.75. The quantitative estimate of drug-likeness (QED) is 0.397. The molecule has 0 saturated heterocycles. The minimum Gasteiger partial charge on any atom is -0.0654 e. The van der Waals surface area contributed by atoms with E-state index in [1.807, 2.05) is 0 Å². The van der Waals surface area contributed by atoms with Crippen LogP contribution in [0.1, 0.15) is 13.8 Å². The van der Waals surface area contributed by atoms with Crippen LogP contribution >= 0.6 is 0 Å². The number of rotatable bonds is 0.